The lowest BCUT2D eigenvalue weighted by Gasteiger charge is -2.38. The summed E-state index contributed by atoms with van der Waals surface area (Å²) in [5.74, 6) is -1.62. The first-order valence-corrected chi connectivity index (χ1v) is 21.2. The van der Waals surface area contributed by atoms with E-state index in [1.54, 1.807) is 48.0 Å². The molecule has 4 heterocycles. The number of carbonyl (C=O) groups excluding carboxylic acids is 5. The van der Waals surface area contributed by atoms with Gasteiger partial charge >= 0.3 is 12.1 Å². The number of hydrogen-bond acceptors (Lipinski definition) is 12. The van der Waals surface area contributed by atoms with Crippen LogP contribution in [-0.4, -0.2) is 147 Å². The smallest absolute Gasteiger partial charge is 0.410 e. The van der Waals surface area contributed by atoms with E-state index in [1.807, 2.05) is 33.8 Å². The van der Waals surface area contributed by atoms with Crippen molar-refractivity contribution in [1.82, 2.24) is 14.7 Å². The predicted molar refractivity (Wildman–Crippen MR) is 218 cm³/mol. The van der Waals surface area contributed by atoms with Gasteiger partial charge in [0, 0.05) is 76.7 Å². The molecule has 3 N–H and O–H groups in total. The van der Waals surface area contributed by atoms with Crippen molar-refractivity contribution in [3.05, 3.63) is 48.1 Å². The molecule has 0 spiro atoms. The largest absolute Gasteiger partial charge is 0.457 e. The van der Waals surface area contributed by atoms with Gasteiger partial charge in [0.25, 0.3) is 11.8 Å². The number of ether oxygens (including phenoxy) is 4. The maximum atomic E-state index is 13.6. The molecule has 6 unspecified atom stereocenters. The maximum absolute atomic E-state index is 13.6. The van der Waals surface area contributed by atoms with Crippen molar-refractivity contribution in [2.45, 2.75) is 147 Å². The summed E-state index contributed by atoms with van der Waals surface area (Å²) in [7, 11) is 1.51. The van der Waals surface area contributed by atoms with Gasteiger partial charge in [-0.3, -0.25) is 24.1 Å². The number of allylic oxidation sites excluding steroid dienone is 2. The topological polar surface area (TPSA) is 196 Å². The molecule has 2 fully saturated rings. The minimum Gasteiger partial charge on any atom is -0.457 e. The number of methoxy groups -OCH3 is 1. The third-order valence-corrected chi connectivity index (χ3v) is 12.1. The van der Waals surface area contributed by atoms with Crippen LogP contribution in [-0.2, 0) is 38.1 Å². The van der Waals surface area contributed by atoms with Crippen molar-refractivity contribution in [3.8, 4) is 0 Å². The summed E-state index contributed by atoms with van der Waals surface area (Å²) < 4.78 is 23.7. The Morgan fingerprint density at radius 3 is 2.37 bits per heavy atom. The zero-order valence-electron chi connectivity index (χ0n) is 35.9. The molecule has 4 aliphatic rings. The highest BCUT2D eigenvalue weighted by Gasteiger charge is 2.47. The molecule has 4 amide bonds. The lowest BCUT2D eigenvalue weighted by atomic mass is 9.88. The fourth-order valence-electron chi connectivity index (χ4n) is 7.86. The molecule has 10 atom stereocenters. The molecule has 0 saturated carbocycles. The third kappa shape index (κ3) is 13.8. The number of piperazine rings is 1. The van der Waals surface area contributed by atoms with Gasteiger partial charge in [-0.2, -0.15) is 0 Å². The highest BCUT2D eigenvalue weighted by atomic mass is 16.6. The molecule has 0 aliphatic carbocycles. The van der Waals surface area contributed by atoms with Gasteiger partial charge in [-0.25, -0.2) is 4.79 Å². The molecule has 330 valence electrons. The first-order chi connectivity index (χ1) is 27.9. The van der Waals surface area contributed by atoms with Crippen LogP contribution >= 0.6 is 0 Å². The first kappa shape index (κ1) is 47.8. The number of amides is 4. The number of cyclic esters (lactones) is 1. The van der Waals surface area contributed by atoms with Gasteiger partial charge < -0.3 is 44.1 Å². The Bertz CT molecular complexity index is 1580. The van der Waals surface area contributed by atoms with E-state index in [1.165, 1.54) is 24.2 Å². The van der Waals surface area contributed by atoms with Gasteiger partial charge in [0.15, 0.2) is 6.10 Å². The quantitative estimate of drug-likeness (QED) is 0.0506. The van der Waals surface area contributed by atoms with Crippen LogP contribution in [0.2, 0.25) is 0 Å². The van der Waals surface area contributed by atoms with Crippen LogP contribution in [0.3, 0.4) is 0 Å². The predicted octanol–water partition coefficient (Wildman–Crippen LogP) is 3.99. The van der Waals surface area contributed by atoms with Crippen molar-refractivity contribution in [2.24, 2.45) is 11.8 Å². The van der Waals surface area contributed by atoms with Crippen LogP contribution < -0.4 is 0 Å². The molecule has 0 aromatic rings. The second-order valence-electron chi connectivity index (χ2n) is 17.0. The zero-order chi connectivity index (χ0) is 43.5. The molecule has 15 nitrogen and oxygen atoms in total. The number of aliphatic hydroxyl groups excluding tert-OH is 2. The Balaban J connectivity index is 1.36. The van der Waals surface area contributed by atoms with Crippen LogP contribution in [0.4, 0.5) is 4.79 Å². The van der Waals surface area contributed by atoms with Gasteiger partial charge in [-0.05, 0) is 64.5 Å². The fourth-order valence-corrected chi connectivity index (χ4v) is 7.86. The lowest BCUT2D eigenvalue weighted by molar-refractivity contribution is -0.151. The number of aliphatic hydroxyl groups is 3. The van der Waals surface area contributed by atoms with Gasteiger partial charge in [-0.15, -0.1) is 0 Å². The van der Waals surface area contributed by atoms with E-state index in [0.717, 1.165) is 0 Å². The van der Waals surface area contributed by atoms with Crippen LogP contribution in [0.15, 0.2) is 48.1 Å². The average Bonchev–Trinajstić information content (AvgIpc) is 3.89. The highest BCUT2D eigenvalue weighted by molar-refractivity contribution is 6.12. The second kappa shape index (κ2) is 21.6. The summed E-state index contributed by atoms with van der Waals surface area (Å²) in [5, 5.41) is 32.1. The maximum Gasteiger partial charge on any atom is 0.410 e. The van der Waals surface area contributed by atoms with Gasteiger partial charge in [0.05, 0.1) is 36.4 Å². The van der Waals surface area contributed by atoms with Crippen molar-refractivity contribution in [2.75, 3.05) is 39.8 Å². The molecule has 15 heteroatoms. The van der Waals surface area contributed by atoms with Crippen LogP contribution in [0.5, 0.6) is 0 Å². The number of hydrogen-bond donors (Lipinski definition) is 3. The van der Waals surface area contributed by atoms with E-state index in [0.29, 0.717) is 63.7 Å². The molecule has 4 aliphatic heterocycles. The normalized spacial score (nSPS) is 30.4. The Hall–Kier alpha value is -3.89. The average molecular weight is 830 g/mol. The van der Waals surface area contributed by atoms with Crippen molar-refractivity contribution >= 4 is 29.8 Å². The minimum atomic E-state index is -1.18. The molecule has 0 aromatic heterocycles. The number of unbranched alkanes of at least 4 members (excludes halogenated alkanes) is 2. The number of carbonyl (C=O) groups is 5. The monoisotopic (exact) mass is 829 g/mol. The summed E-state index contributed by atoms with van der Waals surface area (Å²) in [6.07, 6.45) is 10.8. The van der Waals surface area contributed by atoms with Gasteiger partial charge in [0.2, 0.25) is 5.91 Å². The van der Waals surface area contributed by atoms with E-state index in [4.69, 9.17) is 18.9 Å². The third-order valence-electron chi connectivity index (χ3n) is 12.1. The minimum absolute atomic E-state index is 0.0183. The number of imide groups is 1. The Labute approximate surface area is 349 Å². The van der Waals surface area contributed by atoms with E-state index < -0.39 is 53.6 Å². The number of nitrogens with zero attached hydrogens (tertiary/aromatic N) is 3. The zero-order valence-corrected chi connectivity index (χ0v) is 35.9. The fraction of sp³-hybridized carbons (Fsp3) is 0.705. The van der Waals surface area contributed by atoms with Crippen molar-refractivity contribution < 1.29 is 58.2 Å². The molecule has 0 aromatic carbocycles. The summed E-state index contributed by atoms with van der Waals surface area (Å²) in [6.45, 7) is 12.6. The number of rotatable bonds is 16. The highest BCUT2D eigenvalue weighted by Crippen LogP contribution is 2.38. The molecular weight excluding hydrogens is 762 g/mol. The van der Waals surface area contributed by atoms with Crippen molar-refractivity contribution in [3.63, 3.8) is 0 Å². The Kier molecular flexibility index (Phi) is 17.5. The molecule has 59 heavy (non-hydrogen) atoms. The standard InChI is InChI=1S/C44H67N3O12/c1-8-33(49)31(4)41-34(57-41)28-43(5,55)20-12-13-29(2)40-30(3)15-16-35(44(6,56-7)21-19-32(48)27-39(53)59-40)58-42(54)46-25-23-45(24-26-46)36(50)14-10-9-11-22-47-37(51)17-18-38(47)52/h12-13,15-18,20,30-35,40-41,48-49,55H,8-11,14,19,21-28H2,1-7H3/b16-15?,20-12+,29-13+/t30?,31-,32?,33+,34+,35?,40?,41+,43?,44?/m1/s1. The summed E-state index contributed by atoms with van der Waals surface area (Å²) in [4.78, 5) is 67.5. The lowest BCUT2D eigenvalue weighted by Crippen LogP contribution is -2.52. The Morgan fingerprint density at radius 2 is 1.73 bits per heavy atom. The molecule has 0 radical (unpaired) electrons. The van der Waals surface area contributed by atoms with Crippen LogP contribution in [0, 0.1) is 11.8 Å². The van der Waals surface area contributed by atoms with Gasteiger partial charge in [-0.1, -0.05) is 51.5 Å². The number of epoxide rings is 1. The molecule has 4 rings (SSSR count). The van der Waals surface area contributed by atoms with Crippen LogP contribution in [0.1, 0.15) is 99.3 Å². The summed E-state index contributed by atoms with van der Waals surface area (Å²) >= 11 is 0. The molecule has 0 bridgehead atoms. The van der Waals surface area contributed by atoms with E-state index in [9.17, 15) is 39.3 Å². The van der Waals surface area contributed by atoms with Crippen molar-refractivity contribution in [1.29, 1.82) is 0 Å². The first-order valence-electron chi connectivity index (χ1n) is 21.2. The summed E-state index contributed by atoms with van der Waals surface area (Å²) in [5.41, 5.74) is -1.54. The molecular formula is C44H67N3O12. The summed E-state index contributed by atoms with van der Waals surface area (Å²) in [6, 6.07) is 0. The van der Waals surface area contributed by atoms with E-state index >= 15 is 0 Å². The van der Waals surface area contributed by atoms with E-state index in [2.05, 4.69) is 0 Å². The second-order valence-corrected chi connectivity index (χ2v) is 17.0. The number of esters is 1. The van der Waals surface area contributed by atoms with Crippen LogP contribution in [0.25, 0.3) is 0 Å². The molecule has 2 saturated heterocycles. The Morgan fingerprint density at radius 1 is 1.07 bits per heavy atom. The van der Waals surface area contributed by atoms with E-state index in [-0.39, 0.29) is 68.2 Å². The SMILES string of the molecule is CC[C@H](O)[C@@H](C)[C@@H]1O[C@H]1CC(C)(O)/C=C/C=C(\C)C1OC(=O)CC(O)CCC(C)(OC)C(OC(=O)N2CCN(C(=O)CCCCCN3C(=O)C=CC3=O)CC2)C=CC1C. The van der Waals surface area contributed by atoms with Gasteiger partial charge in [0.1, 0.15) is 11.7 Å².